The Kier molecular flexibility index (Phi) is 12.4. The van der Waals surface area contributed by atoms with Gasteiger partial charge in [0.05, 0.1) is 12.3 Å². The number of halogens is 1. The number of hydrogen-bond acceptors (Lipinski definition) is 5. The third-order valence-corrected chi connectivity index (χ3v) is 5.75. The van der Waals surface area contributed by atoms with Gasteiger partial charge in [0.2, 0.25) is 0 Å². The van der Waals surface area contributed by atoms with Crippen LogP contribution in [-0.4, -0.2) is 62.6 Å². The van der Waals surface area contributed by atoms with E-state index >= 15 is 0 Å². The largest absolute Gasteiger partial charge is 0.450 e. The number of nitrogens with zero attached hydrogens (tertiary/aromatic N) is 2. The van der Waals surface area contributed by atoms with E-state index in [9.17, 15) is 4.79 Å². The number of carbonyl (C=O) groups excluding carboxylic acids is 1. The Morgan fingerprint density at radius 2 is 1.89 bits per heavy atom. The highest BCUT2D eigenvalue weighted by molar-refractivity contribution is 7.99. The summed E-state index contributed by atoms with van der Waals surface area (Å²) in [4.78, 5) is 17.7. The molecule has 5 nitrogen and oxygen atoms in total. The van der Waals surface area contributed by atoms with Crippen molar-refractivity contribution in [2.75, 3.05) is 56.5 Å². The second-order valence-electron chi connectivity index (χ2n) is 6.50. The second-order valence-corrected chi connectivity index (χ2v) is 7.64. The molecule has 1 fully saturated rings. The molecule has 1 amide bonds. The zero-order chi connectivity index (χ0) is 18.6. The molecule has 0 saturated carbocycles. The number of para-hydroxylation sites is 1. The maximum absolute atomic E-state index is 11.2. The summed E-state index contributed by atoms with van der Waals surface area (Å²) in [6, 6.07) is 8.80. The van der Waals surface area contributed by atoms with Gasteiger partial charge in [-0.2, -0.15) is 0 Å². The molecule has 0 bridgehead atoms. The summed E-state index contributed by atoms with van der Waals surface area (Å²) < 4.78 is 4.86. The van der Waals surface area contributed by atoms with E-state index in [2.05, 4.69) is 46.3 Å². The summed E-state index contributed by atoms with van der Waals surface area (Å²) in [5, 5.41) is 2.78. The number of carbonyl (C=O) groups is 1. The minimum absolute atomic E-state index is 0. The lowest BCUT2D eigenvalue weighted by atomic mass is 10.2. The molecule has 0 aromatic heterocycles. The number of rotatable bonds is 10. The number of nitrogens with one attached hydrogen (secondary N) is 1. The minimum Gasteiger partial charge on any atom is -0.450 e. The normalized spacial score (nSPS) is 14.5. The molecule has 1 saturated heterocycles. The van der Waals surface area contributed by atoms with Crippen LogP contribution in [-0.2, 0) is 4.74 Å². The Hall–Kier alpha value is -1.11. The maximum Gasteiger partial charge on any atom is 0.407 e. The molecule has 1 N–H and O–H groups in total. The summed E-state index contributed by atoms with van der Waals surface area (Å²) in [5.41, 5.74) is 1.39. The summed E-state index contributed by atoms with van der Waals surface area (Å²) in [7, 11) is 0. The number of amides is 1. The van der Waals surface area contributed by atoms with Crippen molar-refractivity contribution in [1.29, 1.82) is 0 Å². The van der Waals surface area contributed by atoms with Gasteiger partial charge < -0.3 is 15.0 Å². The van der Waals surface area contributed by atoms with Crippen LogP contribution in [0.25, 0.3) is 0 Å². The van der Waals surface area contributed by atoms with Crippen molar-refractivity contribution in [3.8, 4) is 0 Å². The van der Waals surface area contributed by atoms with E-state index in [-0.39, 0.29) is 18.5 Å². The van der Waals surface area contributed by atoms with E-state index in [0.717, 1.165) is 45.6 Å². The first-order valence-electron chi connectivity index (χ1n) is 9.84. The van der Waals surface area contributed by atoms with Crippen LogP contribution >= 0.6 is 24.2 Å². The maximum atomic E-state index is 11.2. The van der Waals surface area contributed by atoms with Crippen molar-refractivity contribution in [3.63, 3.8) is 0 Å². The number of hydrogen-bond donors (Lipinski definition) is 1. The highest BCUT2D eigenvalue weighted by Crippen LogP contribution is 2.31. The lowest BCUT2D eigenvalue weighted by Crippen LogP contribution is -2.46. The molecule has 1 aliphatic heterocycles. The predicted molar refractivity (Wildman–Crippen MR) is 118 cm³/mol. The van der Waals surface area contributed by atoms with Gasteiger partial charge in [0.1, 0.15) is 0 Å². The molecule has 1 aromatic carbocycles. The minimum atomic E-state index is -0.305. The zero-order valence-electron chi connectivity index (χ0n) is 16.6. The Morgan fingerprint density at radius 3 is 2.59 bits per heavy atom. The SMILES string of the molecule is CCCSc1ccccc1N1CCN(CCCCNC(=O)OCC)CC1.Cl. The standard InChI is InChI=1S/C20H33N3O2S.ClH/c1-3-17-26-19-10-6-5-9-18(19)23-15-13-22(14-16-23)12-8-7-11-21-20(24)25-4-2;/h5-6,9-10H,3-4,7-8,11-17H2,1-2H3,(H,21,24);1H. The topological polar surface area (TPSA) is 44.8 Å². The quantitative estimate of drug-likeness (QED) is 0.457. The average Bonchev–Trinajstić information content (AvgIpc) is 2.67. The predicted octanol–water partition coefficient (Wildman–Crippen LogP) is 4.26. The number of thioether (sulfide) groups is 1. The van der Waals surface area contributed by atoms with Crippen LogP contribution < -0.4 is 10.2 Å². The Bertz CT molecular complexity index is 540. The lowest BCUT2D eigenvalue weighted by Gasteiger charge is -2.37. The molecule has 154 valence electrons. The van der Waals surface area contributed by atoms with E-state index < -0.39 is 0 Å². The van der Waals surface area contributed by atoms with Gasteiger partial charge in [-0.3, -0.25) is 4.90 Å². The van der Waals surface area contributed by atoms with Crippen molar-refractivity contribution in [2.24, 2.45) is 0 Å². The van der Waals surface area contributed by atoms with Crippen molar-refractivity contribution in [2.45, 2.75) is 38.0 Å². The van der Waals surface area contributed by atoms with Gasteiger partial charge in [0, 0.05) is 37.6 Å². The van der Waals surface area contributed by atoms with E-state index in [0.29, 0.717) is 13.2 Å². The summed E-state index contributed by atoms with van der Waals surface area (Å²) in [5.74, 6) is 1.18. The highest BCUT2D eigenvalue weighted by Gasteiger charge is 2.18. The van der Waals surface area contributed by atoms with E-state index in [1.807, 2.05) is 18.7 Å². The summed E-state index contributed by atoms with van der Waals surface area (Å²) >= 11 is 1.97. The first kappa shape index (κ1) is 23.9. The van der Waals surface area contributed by atoms with Crippen LogP contribution in [0.15, 0.2) is 29.2 Å². The van der Waals surface area contributed by atoms with Gasteiger partial charge in [-0.05, 0) is 50.6 Å². The van der Waals surface area contributed by atoms with E-state index in [1.165, 1.54) is 22.8 Å². The van der Waals surface area contributed by atoms with Gasteiger partial charge in [-0.1, -0.05) is 19.1 Å². The fourth-order valence-electron chi connectivity index (χ4n) is 3.10. The molecule has 2 rings (SSSR count). The molecule has 0 radical (unpaired) electrons. The molecule has 1 aromatic rings. The smallest absolute Gasteiger partial charge is 0.407 e. The van der Waals surface area contributed by atoms with Crippen LogP contribution in [0.1, 0.15) is 33.1 Å². The fourth-order valence-corrected chi connectivity index (χ4v) is 4.04. The van der Waals surface area contributed by atoms with Gasteiger partial charge in [-0.25, -0.2) is 4.79 Å². The van der Waals surface area contributed by atoms with E-state index in [4.69, 9.17) is 4.74 Å². The number of benzene rings is 1. The molecule has 7 heteroatoms. The molecular formula is C20H34ClN3O2S. The van der Waals surface area contributed by atoms with Crippen LogP contribution in [0.2, 0.25) is 0 Å². The highest BCUT2D eigenvalue weighted by atomic mass is 35.5. The van der Waals surface area contributed by atoms with Crippen molar-refractivity contribution < 1.29 is 9.53 Å². The van der Waals surface area contributed by atoms with Gasteiger partial charge >= 0.3 is 6.09 Å². The number of alkyl carbamates (subject to hydrolysis) is 1. The summed E-state index contributed by atoms with van der Waals surface area (Å²) in [6.07, 6.45) is 3.00. The number of unbranched alkanes of at least 4 members (excludes halogenated alkanes) is 1. The molecule has 0 unspecified atom stereocenters. The van der Waals surface area contributed by atoms with E-state index in [1.54, 1.807) is 0 Å². The van der Waals surface area contributed by atoms with Gasteiger partial charge in [-0.15, -0.1) is 24.2 Å². The molecular weight excluding hydrogens is 382 g/mol. The van der Waals surface area contributed by atoms with Crippen LogP contribution in [0.3, 0.4) is 0 Å². The molecule has 27 heavy (non-hydrogen) atoms. The zero-order valence-corrected chi connectivity index (χ0v) is 18.2. The van der Waals surface area contributed by atoms with Crippen LogP contribution in [0.4, 0.5) is 10.5 Å². The Morgan fingerprint density at radius 1 is 1.15 bits per heavy atom. The first-order chi connectivity index (χ1) is 12.7. The molecule has 0 atom stereocenters. The van der Waals surface area contributed by atoms with Gasteiger partial charge in [0.15, 0.2) is 0 Å². The first-order valence-corrected chi connectivity index (χ1v) is 10.8. The van der Waals surface area contributed by atoms with Crippen molar-refractivity contribution >= 4 is 35.9 Å². The van der Waals surface area contributed by atoms with Crippen LogP contribution in [0, 0.1) is 0 Å². The molecule has 0 aliphatic carbocycles. The molecule has 0 spiro atoms. The number of piperazine rings is 1. The molecule has 1 heterocycles. The average molecular weight is 416 g/mol. The summed E-state index contributed by atoms with van der Waals surface area (Å²) in [6.45, 7) is 10.7. The third-order valence-electron chi connectivity index (χ3n) is 4.49. The fraction of sp³-hybridized carbons (Fsp3) is 0.650. The molecule has 1 aliphatic rings. The van der Waals surface area contributed by atoms with Crippen molar-refractivity contribution in [3.05, 3.63) is 24.3 Å². The van der Waals surface area contributed by atoms with Crippen LogP contribution in [0.5, 0.6) is 0 Å². The Labute approximate surface area is 174 Å². The third kappa shape index (κ3) is 8.62. The Balaban J connectivity index is 0.00000364. The van der Waals surface area contributed by atoms with Gasteiger partial charge in [0.25, 0.3) is 0 Å². The number of anilines is 1. The monoisotopic (exact) mass is 415 g/mol. The second kappa shape index (κ2) is 14.0. The van der Waals surface area contributed by atoms with Crippen molar-refractivity contribution in [1.82, 2.24) is 10.2 Å². The number of ether oxygens (including phenoxy) is 1. The lowest BCUT2D eigenvalue weighted by molar-refractivity contribution is 0.152.